The molecule has 0 radical (unpaired) electrons. The molecular formula is C14H17BN2O2. The Bertz CT molecular complexity index is 520. The van der Waals surface area contributed by atoms with Crippen molar-refractivity contribution in [1.82, 2.24) is 9.88 Å². The molecule has 1 heterocycles. The summed E-state index contributed by atoms with van der Waals surface area (Å²) in [5.41, 5.74) is 2.46. The summed E-state index contributed by atoms with van der Waals surface area (Å²) in [6.07, 6.45) is 1.77. The molecule has 0 aliphatic rings. The molecule has 1 aromatic heterocycles. The summed E-state index contributed by atoms with van der Waals surface area (Å²) in [6.45, 7) is 1.36. The predicted octanol–water partition coefficient (Wildman–Crippen LogP) is 0.393. The topological polar surface area (TPSA) is 56.6 Å². The van der Waals surface area contributed by atoms with E-state index in [9.17, 15) is 10.0 Å². The summed E-state index contributed by atoms with van der Waals surface area (Å²) in [4.78, 5) is 6.36. The van der Waals surface area contributed by atoms with Crippen molar-refractivity contribution >= 4 is 12.6 Å². The van der Waals surface area contributed by atoms with Crippen LogP contribution in [0, 0.1) is 0 Å². The molecule has 0 aliphatic heterocycles. The van der Waals surface area contributed by atoms with Crippen LogP contribution in [0.15, 0.2) is 48.7 Å². The lowest BCUT2D eigenvalue weighted by Gasteiger charge is -2.18. The molecule has 4 nitrogen and oxygen atoms in total. The van der Waals surface area contributed by atoms with Gasteiger partial charge < -0.3 is 10.0 Å². The van der Waals surface area contributed by atoms with Gasteiger partial charge in [0.1, 0.15) is 0 Å². The van der Waals surface area contributed by atoms with Crippen molar-refractivity contribution in [3.8, 4) is 0 Å². The molecule has 0 saturated carbocycles. The summed E-state index contributed by atoms with van der Waals surface area (Å²) in [5.74, 6) is 0. The average molecular weight is 256 g/mol. The molecule has 0 unspecified atom stereocenters. The fraction of sp³-hybridized carbons (Fsp3) is 0.214. The fourth-order valence-corrected chi connectivity index (χ4v) is 2.04. The zero-order chi connectivity index (χ0) is 13.7. The van der Waals surface area contributed by atoms with Gasteiger partial charge in [-0.1, -0.05) is 30.3 Å². The van der Waals surface area contributed by atoms with Crippen LogP contribution < -0.4 is 5.46 Å². The molecule has 98 valence electrons. The van der Waals surface area contributed by atoms with E-state index in [1.54, 1.807) is 18.3 Å². The van der Waals surface area contributed by atoms with Crippen LogP contribution in [0.5, 0.6) is 0 Å². The molecule has 2 rings (SSSR count). The first kappa shape index (κ1) is 13.7. The second-order valence-corrected chi connectivity index (χ2v) is 4.57. The number of hydrogen-bond acceptors (Lipinski definition) is 4. The van der Waals surface area contributed by atoms with Crippen molar-refractivity contribution in [1.29, 1.82) is 0 Å². The fourth-order valence-electron chi connectivity index (χ4n) is 2.04. The molecule has 0 fully saturated rings. The molecule has 19 heavy (non-hydrogen) atoms. The molecule has 0 bridgehead atoms. The van der Waals surface area contributed by atoms with Gasteiger partial charge in [-0.2, -0.15) is 0 Å². The Kier molecular flexibility index (Phi) is 4.68. The lowest BCUT2D eigenvalue weighted by Crippen LogP contribution is -2.35. The largest absolute Gasteiger partial charge is 0.488 e. The van der Waals surface area contributed by atoms with Gasteiger partial charge in [0.2, 0.25) is 0 Å². The Balaban J connectivity index is 2.05. The van der Waals surface area contributed by atoms with Gasteiger partial charge in [-0.15, -0.1) is 0 Å². The van der Waals surface area contributed by atoms with E-state index in [2.05, 4.69) is 9.88 Å². The summed E-state index contributed by atoms with van der Waals surface area (Å²) in [7, 11) is 0.550. The number of pyridine rings is 1. The number of nitrogens with zero attached hydrogens (tertiary/aromatic N) is 2. The smallest absolute Gasteiger partial charge is 0.423 e. The van der Waals surface area contributed by atoms with Crippen LogP contribution in [0.4, 0.5) is 0 Å². The van der Waals surface area contributed by atoms with Gasteiger partial charge in [0.25, 0.3) is 0 Å². The summed E-state index contributed by atoms with van der Waals surface area (Å²) < 4.78 is 0. The zero-order valence-electron chi connectivity index (χ0n) is 10.9. The van der Waals surface area contributed by atoms with Crippen molar-refractivity contribution in [2.75, 3.05) is 7.05 Å². The maximum atomic E-state index is 9.33. The third kappa shape index (κ3) is 3.89. The summed E-state index contributed by atoms with van der Waals surface area (Å²) in [6, 6.07) is 13.2. The maximum Gasteiger partial charge on any atom is 0.488 e. The van der Waals surface area contributed by atoms with Crippen LogP contribution in [0.3, 0.4) is 0 Å². The number of aromatic nitrogens is 1. The molecule has 2 aromatic rings. The maximum absolute atomic E-state index is 9.33. The van der Waals surface area contributed by atoms with Crippen molar-refractivity contribution in [2.24, 2.45) is 0 Å². The van der Waals surface area contributed by atoms with Crippen molar-refractivity contribution in [3.63, 3.8) is 0 Å². The van der Waals surface area contributed by atoms with E-state index in [0.717, 1.165) is 17.8 Å². The Morgan fingerprint density at radius 3 is 2.47 bits per heavy atom. The Morgan fingerprint density at radius 1 is 1.05 bits per heavy atom. The van der Waals surface area contributed by atoms with Crippen LogP contribution in [-0.4, -0.2) is 34.1 Å². The third-order valence-corrected chi connectivity index (χ3v) is 2.93. The van der Waals surface area contributed by atoms with Crippen LogP contribution in [0.1, 0.15) is 11.3 Å². The molecule has 2 N–H and O–H groups in total. The van der Waals surface area contributed by atoms with Crippen molar-refractivity contribution in [2.45, 2.75) is 13.1 Å². The molecule has 0 amide bonds. The van der Waals surface area contributed by atoms with Gasteiger partial charge in [0, 0.05) is 19.3 Å². The average Bonchev–Trinajstić information content (AvgIpc) is 2.40. The molecule has 0 saturated heterocycles. The number of hydrogen-bond donors (Lipinski definition) is 2. The predicted molar refractivity (Wildman–Crippen MR) is 75.7 cm³/mol. The zero-order valence-corrected chi connectivity index (χ0v) is 10.9. The van der Waals surface area contributed by atoms with Gasteiger partial charge >= 0.3 is 7.12 Å². The highest BCUT2D eigenvalue weighted by atomic mass is 16.4. The van der Waals surface area contributed by atoms with Crippen LogP contribution in [0.25, 0.3) is 0 Å². The lowest BCUT2D eigenvalue weighted by molar-refractivity contribution is 0.315. The van der Waals surface area contributed by atoms with E-state index < -0.39 is 7.12 Å². The van der Waals surface area contributed by atoms with E-state index in [4.69, 9.17) is 0 Å². The number of rotatable bonds is 5. The summed E-state index contributed by atoms with van der Waals surface area (Å²) >= 11 is 0. The Labute approximate surface area is 113 Å². The highest BCUT2D eigenvalue weighted by Gasteiger charge is 2.16. The molecule has 0 spiro atoms. The van der Waals surface area contributed by atoms with E-state index in [1.807, 2.05) is 37.4 Å². The van der Waals surface area contributed by atoms with Gasteiger partial charge in [-0.3, -0.25) is 9.88 Å². The molecule has 1 aromatic carbocycles. The normalized spacial score (nSPS) is 10.7. The quantitative estimate of drug-likeness (QED) is 0.760. The van der Waals surface area contributed by atoms with Gasteiger partial charge in [0.05, 0.1) is 5.69 Å². The first-order valence-corrected chi connectivity index (χ1v) is 6.19. The van der Waals surface area contributed by atoms with E-state index in [1.165, 1.54) is 0 Å². The monoisotopic (exact) mass is 256 g/mol. The molecular weight excluding hydrogens is 239 g/mol. The molecule has 0 atom stereocenters. The highest BCUT2D eigenvalue weighted by Crippen LogP contribution is 2.05. The summed E-state index contributed by atoms with van der Waals surface area (Å²) in [5, 5.41) is 18.7. The third-order valence-electron chi connectivity index (χ3n) is 2.93. The first-order valence-electron chi connectivity index (χ1n) is 6.19. The van der Waals surface area contributed by atoms with Crippen LogP contribution >= 0.6 is 0 Å². The van der Waals surface area contributed by atoms with Gasteiger partial charge in [0.15, 0.2) is 0 Å². The Morgan fingerprint density at radius 2 is 1.79 bits per heavy atom. The van der Waals surface area contributed by atoms with Crippen molar-refractivity contribution in [3.05, 3.63) is 59.9 Å². The highest BCUT2D eigenvalue weighted by molar-refractivity contribution is 6.59. The SMILES string of the molecule is CN(Cc1ccccn1)Cc1ccccc1B(O)O. The van der Waals surface area contributed by atoms with E-state index >= 15 is 0 Å². The first-order chi connectivity index (χ1) is 9.16. The van der Waals surface area contributed by atoms with E-state index in [-0.39, 0.29) is 0 Å². The standard InChI is InChI=1S/C14H17BN2O2/c1-17(11-13-7-4-5-9-16-13)10-12-6-2-3-8-14(12)15(18)19/h2-9,18-19H,10-11H2,1H3. The van der Waals surface area contributed by atoms with Gasteiger partial charge in [-0.25, -0.2) is 0 Å². The Hall–Kier alpha value is -1.69. The van der Waals surface area contributed by atoms with Crippen LogP contribution in [-0.2, 0) is 13.1 Å². The number of benzene rings is 1. The molecule has 0 aliphatic carbocycles. The second-order valence-electron chi connectivity index (χ2n) is 4.57. The minimum Gasteiger partial charge on any atom is -0.423 e. The second kappa shape index (κ2) is 6.47. The minimum absolute atomic E-state index is 0.551. The van der Waals surface area contributed by atoms with E-state index in [0.29, 0.717) is 12.0 Å². The molecule has 5 heteroatoms. The lowest BCUT2D eigenvalue weighted by atomic mass is 9.77. The van der Waals surface area contributed by atoms with Gasteiger partial charge in [-0.05, 0) is 30.2 Å². The van der Waals surface area contributed by atoms with Crippen molar-refractivity contribution < 1.29 is 10.0 Å². The minimum atomic E-state index is -1.43. The van der Waals surface area contributed by atoms with Crippen LogP contribution in [0.2, 0.25) is 0 Å².